The van der Waals surface area contributed by atoms with E-state index in [1.807, 2.05) is 0 Å². The number of hydrogen-bond acceptors (Lipinski definition) is 1. The SMILES string of the molecule is C[NH+](C)CCNC(=S)Nc1ccccc1F. The summed E-state index contributed by atoms with van der Waals surface area (Å²) < 4.78 is 13.2. The number of quaternary nitrogens is 1. The molecule has 5 heteroatoms. The molecule has 0 heterocycles. The molecule has 1 aromatic rings. The number of rotatable bonds is 4. The Labute approximate surface area is 101 Å². The van der Waals surface area contributed by atoms with E-state index in [2.05, 4.69) is 24.7 Å². The highest BCUT2D eigenvalue weighted by molar-refractivity contribution is 7.80. The summed E-state index contributed by atoms with van der Waals surface area (Å²) in [6, 6.07) is 6.46. The van der Waals surface area contributed by atoms with Gasteiger partial charge in [0.1, 0.15) is 5.82 Å². The summed E-state index contributed by atoms with van der Waals surface area (Å²) in [5, 5.41) is 6.29. The lowest BCUT2D eigenvalue weighted by Crippen LogP contribution is -3.06. The number of thiocarbonyl (C=S) groups is 1. The van der Waals surface area contributed by atoms with E-state index in [0.717, 1.165) is 13.1 Å². The van der Waals surface area contributed by atoms with Crippen LogP contribution in [0.3, 0.4) is 0 Å². The van der Waals surface area contributed by atoms with Crippen LogP contribution in [-0.2, 0) is 0 Å². The second kappa shape index (κ2) is 6.40. The van der Waals surface area contributed by atoms with E-state index >= 15 is 0 Å². The molecule has 0 aliphatic heterocycles. The van der Waals surface area contributed by atoms with Crippen molar-refractivity contribution in [1.29, 1.82) is 0 Å². The predicted molar refractivity (Wildman–Crippen MR) is 68.3 cm³/mol. The highest BCUT2D eigenvalue weighted by atomic mass is 32.1. The Morgan fingerprint density at radius 1 is 1.38 bits per heavy atom. The largest absolute Gasteiger partial charge is 0.357 e. The van der Waals surface area contributed by atoms with Crippen molar-refractivity contribution in [2.24, 2.45) is 0 Å². The number of benzene rings is 1. The second-order valence-corrected chi connectivity index (χ2v) is 4.23. The molecule has 0 atom stereocenters. The van der Waals surface area contributed by atoms with Crippen LogP contribution in [0, 0.1) is 5.82 Å². The molecule has 0 fully saturated rings. The fourth-order valence-corrected chi connectivity index (χ4v) is 1.37. The van der Waals surface area contributed by atoms with Crippen LogP contribution in [0.5, 0.6) is 0 Å². The van der Waals surface area contributed by atoms with Crippen LogP contribution in [0.15, 0.2) is 24.3 Å². The average molecular weight is 242 g/mol. The van der Waals surface area contributed by atoms with Gasteiger partial charge in [-0.05, 0) is 24.4 Å². The Morgan fingerprint density at radius 3 is 2.69 bits per heavy atom. The molecule has 1 rings (SSSR count). The maximum Gasteiger partial charge on any atom is 0.171 e. The van der Waals surface area contributed by atoms with E-state index in [-0.39, 0.29) is 5.82 Å². The molecule has 0 unspecified atom stereocenters. The Kier molecular flexibility index (Phi) is 5.14. The highest BCUT2D eigenvalue weighted by Crippen LogP contribution is 2.11. The number of hydrogen-bond donors (Lipinski definition) is 3. The van der Waals surface area contributed by atoms with Crippen molar-refractivity contribution in [2.45, 2.75) is 0 Å². The Morgan fingerprint density at radius 2 is 2.06 bits per heavy atom. The first kappa shape index (κ1) is 12.9. The van der Waals surface area contributed by atoms with Gasteiger partial charge in [-0.25, -0.2) is 4.39 Å². The monoisotopic (exact) mass is 242 g/mol. The lowest BCUT2D eigenvalue weighted by Gasteiger charge is -2.12. The molecule has 3 nitrogen and oxygen atoms in total. The van der Waals surface area contributed by atoms with Crippen LogP contribution >= 0.6 is 12.2 Å². The van der Waals surface area contributed by atoms with Gasteiger partial charge in [-0.1, -0.05) is 12.1 Å². The number of nitrogens with one attached hydrogen (secondary N) is 3. The first-order valence-corrected chi connectivity index (χ1v) is 5.59. The molecule has 16 heavy (non-hydrogen) atoms. The number of halogens is 1. The minimum atomic E-state index is -0.301. The molecular weight excluding hydrogens is 225 g/mol. The van der Waals surface area contributed by atoms with Gasteiger partial charge >= 0.3 is 0 Å². The molecule has 88 valence electrons. The zero-order valence-electron chi connectivity index (χ0n) is 9.51. The second-order valence-electron chi connectivity index (χ2n) is 3.82. The molecule has 1 aromatic carbocycles. The number of anilines is 1. The lowest BCUT2D eigenvalue weighted by molar-refractivity contribution is -0.856. The quantitative estimate of drug-likeness (QED) is 0.661. The van der Waals surface area contributed by atoms with Crippen LogP contribution in [0.1, 0.15) is 0 Å². The summed E-state index contributed by atoms with van der Waals surface area (Å²) in [5.74, 6) is -0.301. The van der Waals surface area contributed by atoms with Crippen molar-refractivity contribution in [2.75, 3.05) is 32.5 Å². The molecule has 0 amide bonds. The summed E-state index contributed by atoms with van der Waals surface area (Å²) in [5.41, 5.74) is 0.400. The Bertz CT molecular complexity index is 355. The van der Waals surface area contributed by atoms with Crippen molar-refractivity contribution < 1.29 is 9.29 Å². The summed E-state index contributed by atoms with van der Waals surface area (Å²) in [6.45, 7) is 1.72. The molecule has 0 saturated carbocycles. The minimum absolute atomic E-state index is 0.301. The molecule has 3 N–H and O–H groups in total. The maximum absolute atomic E-state index is 13.2. The Hall–Kier alpha value is -1.20. The molecule has 0 bridgehead atoms. The summed E-state index contributed by atoms with van der Waals surface area (Å²) in [4.78, 5) is 1.33. The molecule has 0 radical (unpaired) electrons. The minimum Gasteiger partial charge on any atom is -0.357 e. The highest BCUT2D eigenvalue weighted by Gasteiger charge is 2.02. The average Bonchev–Trinajstić information content (AvgIpc) is 2.21. The van der Waals surface area contributed by atoms with Crippen molar-refractivity contribution in [3.63, 3.8) is 0 Å². The molecule has 0 aliphatic carbocycles. The van der Waals surface area contributed by atoms with Crippen LogP contribution < -0.4 is 15.5 Å². The molecule has 0 aliphatic rings. The lowest BCUT2D eigenvalue weighted by atomic mass is 10.3. The molecule has 0 spiro atoms. The van der Waals surface area contributed by atoms with Gasteiger partial charge in [-0.3, -0.25) is 0 Å². The van der Waals surface area contributed by atoms with Crippen LogP contribution in [0.4, 0.5) is 10.1 Å². The standard InChI is InChI=1S/C11H16FN3S/c1-15(2)8-7-13-11(16)14-10-6-4-3-5-9(10)12/h3-6H,7-8H2,1-2H3,(H2,13,14,16)/p+1. The number of para-hydroxylation sites is 1. The van der Waals surface area contributed by atoms with Gasteiger partial charge in [0.25, 0.3) is 0 Å². The summed E-state index contributed by atoms with van der Waals surface area (Å²) >= 11 is 5.05. The molecule has 0 saturated heterocycles. The zero-order chi connectivity index (χ0) is 12.0. The van der Waals surface area contributed by atoms with Crippen molar-refractivity contribution in [3.8, 4) is 0 Å². The third-order valence-corrected chi connectivity index (χ3v) is 2.28. The van der Waals surface area contributed by atoms with Crippen molar-refractivity contribution in [3.05, 3.63) is 30.1 Å². The van der Waals surface area contributed by atoms with Gasteiger partial charge in [-0.15, -0.1) is 0 Å². The van der Waals surface area contributed by atoms with Crippen LogP contribution in [-0.4, -0.2) is 32.3 Å². The molecule has 0 aromatic heterocycles. The van der Waals surface area contributed by atoms with Gasteiger partial charge in [0.05, 0.1) is 32.9 Å². The zero-order valence-corrected chi connectivity index (χ0v) is 10.3. The molecular formula is C11H17FN3S+. The maximum atomic E-state index is 13.2. The fraction of sp³-hybridized carbons (Fsp3) is 0.364. The Balaban J connectivity index is 2.37. The van der Waals surface area contributed by atoms with Crippen molar-refractivity contribution >= 4 is 23.0 Å². The van der Waals surface area contributed by atoms with E-state index in [9.17, 15) is 4.39 Å². The van der Waals surface area contributed by atoms with Gasteiger partial charge in [0.15, 0.2) is 5.11 Å². The van der Waals surface area contributed by atoms with E-state index in [0.29, 0.717) is 10.8 Å². The van der Waals surface area contributed by atoms with E-state index in [4.69, 9.17) is 12.2 Å². The van der Waals surface area contributed by atoms with E-state index in [1.54, 1.807) is 18.2 Å². The smallest absolute Gasteiger partial charge is 0.171 e. The van der Waals surface area contributed by atoms with Gasteiger partial charge in [0.2, 0.25) is 0 Å². The van der Waals surface area contributed by atoms with E-state index < -0.39 is 0 Å². The predicted octanol–water partition coefficient (Wildman–Crippen LogP) is 0.257. The van der Waals surface area contributed by atoms with E-state index in [1.165, 1.54) is 11.0 Å². The van der Waals surface area contributed by atoms with Gasteiger partial charge in [-0.2, -0.15) is 0 Å². The third-order valence-electron chi connectivity index (χ3n) is 2.03. The summed E-state index contributed by atoms with van der Waals surface area (Å²) in [7, 11) is 4.13. The third kappa shape index (κ3) is 4.55. The van der Waals surface area contributed by atoms with Crippen LogP contribution in [0.25, 0.3) is 0 Å². The van der Waals surface area contributed by atoms with Gasteiger partial charge in [0, 0.05) is 0 Å². The normalized spacial score (nSPS) is 10.2. The summed E-state index contributed by atoms with van der Waals surface area (Å²) in [6.07, 6.45) is 0. The first-order valence-electron chi connectivity index (χ1n) is 5.18. The number of likely N-dealkylation sites (N-methyl/N-ethyl adjacent to an activating group) is 1. The first-order chi connectivity index (χ1) is 7.59. The van der Waals surface area contributed by atoms with Gasteiger partial charge < -0.3 is 15.5 Å². The van der Waals surface area contributed by atoms with Crippen molar-refractivity contribution in [1.82, 2.24) is 5.32 Å². The fourth-order valence-electron chi connectivity index (χ4n) is 1.16. The topological polar surface area (TPSA) is 28.5 Å². The van der Waals surface area contributed by atoms with Crippen LogP contribution in [0.2, 0.25) is 0 Å².